The van der Waals surface area contributed by atoms with Crippen molar-refractivity contribution in [2.45, 2.75) is 25.8 Å². The first kappa shape index (κ1) is 18.9. The molecule has 4 aromatic rings. The molecular weight excluding hydrogens is 405 g/mol. The predicted molar refractivity (Wildman–Crippen MR) is 123 cm³/mol. The quantitative estimate of drug-likeness (QED) is 0.516. The molecule has 7 nitrogen and oxygen atoms in total. The van der Waals surface area contributed by atoms with E-state index in [-0.39, 0.29) is 5.82 Å². The van der Waals surface area contributed by atoms with Crippen LogP contribution in [0.25, 0.3) is 16.9 Å². The normalized spacial score (nSPS) is 15.3. The average Bonchev–Trinajstić information content (AvgIpc) is 3.48. The van der Waals surface area contributed by atoms with Crippen molar-refractivity contribution < 1.29 is 4.39 Å². The number of hydrogen-bond donors (Lipinski definition) is 1. The van der Waals surface area contributed by atoms with Gasteiger partial charge in [-0.1, -0.05) is 0 Å². The summed E-state index contributed by atoms with van der Waals surface area (Å²) < 4.78 is 16.7. The first-order valence-electron chi connectivity index (χ1n) is 10.9. The number of nitrogens with zero attached hydrogens (tertiary/aromatic N) is 6. The number of pyridine rings is 1. The SMILES string of the molecule is Fc1cc2c(cc1-c1cn3ccnc3c(Nc3ccc(N4CCCCC4)nc3)n1)CN=C2. The van der Waals surface area contributed by atoms with Crippen LogP contribution in [0.2, 0.25) is 0 Å². The number of anilines is 3. The number of halogens is 1. The zero-order valence-electron chi connectivity index (χ0n) is 17.5. The van der Waals surface area contributed by atoms with Crippen LogP contribution in [0.5, 0.6) is 0 Å². The van der Waals surface area contributed by atoms with Crippen molar-refractivity contribution in [2.75, 3.05) is 23.3 Å². The first-order valence-corrected chi connectivity index (χ1v) is 10.9. The molecule has 0 spiro atoms. The summed E-state index contributed by atoms with van der Waals surface area (Å²) in [6.45, 7) is 2.67. The molecule has 0 unspecified atom stereocenters. The van der Waals surface area contributed by atoms with Crippen LogP contribution in [-0.4, -0.2) is 38.7 Å². The monoisotopic (exact) mass is 427 g/mol. The van der Waals surface area contributed by atoms with Crippen molar-refractivity contribution >= 4 is 29.2 Å². The average molecular weight is 427 g/mol. The third-order valence-electron chi connectivity index (χ3n) is 6.06. The zero-order valence-corrected chi connectivity index (χ0v) is 17.5. The molecule has 1 N–H and O–H groups in total. The molecule has 0 bridgehead atoms. The molecule has 32 heavy (non-hydrogen) atoms. The van der Waals surface area contributed by atoms with Gasteiger partial charge in [-0.25, -0.2) is 19.3 Å². The lowest BCUT2D eigenvalue weighted by molar-refractivity contribution is 0.573. The molecule has 0 amide bonds. The summed E-state index contributed by atoms with van der Waals surface area (Å²) in [5.41, 5.74) is 4.28. The third-order valence-corrected chi connectivity index (χ3v) is 6.06. The zero-order chi connectivity index (χ0) is 21.5. The molecule has 3 aromatic heterocycles. The van der Waals surface area contributed by atoms with Gasteiger partial charge in [0.05, 0.1) is 24.1 Å². The van der Waals surface area contributed by atoms with E-state index in [4.69, 9.17) is 4.98 Å². The van der Waals surface area contributed by atoms with Gasteiger partial charge in [0.2, 0.25) is 0 Å². The highest BCUT2D eigenvalue weighted by molar-refractivity contribution is 5.86. The van der Waals surface area contributed by atoms with Crippen LogP contribution < -0.4 is 10.2 Å². The molecule has 1 fully saturated rings. The Morgan fingerprint density at radius 1 is 1.03 bits per heavy atom. The predicted octanol–water partition coefficient (Wildman–Crippen LogP) is 4.60. The van der Waals surface area contributed by atoms with Crippen LogP contribution in [0.1, 0.15) is 30.4 Å². The number of rotatable bonds is 4. The molecule has 5 heterocycles. The Morgan fingerprint density at radius 2 is 1.94 bits per heavy atom. The molecule has 160 valence electrons. The maximum atomic E-state index is 14.9. The highest BCUT2D eigenvalue weighted by atomic mass is 19.1. The first-order chi connectivity index (χ1) is 15.7. The second-order valence-electron chi connectivity index (χ2n) is 8.21. The Balaban J connectivity index is 1.34. The van der Waals surface area contributed by atoms with E-state index in [9.17, 15) is 4.39 Å². The Bertz CT molecular complexity index is 1320. The minimum atomic E-state index is -0.317. The molecule has 2 aliphatic rings. The van der Waals surface area contributed by atoms with Crippen LogP contribution in [-0.2, 0) is 6.54 Å². The number of fused-ring (bicyclic) bond motifs is 2. The highest BCUT2D eigenvalue weighted by Gasteiger charge is 2.17. The smallest absolute Gasteiger partial charge is 0.180 e. The number of benzene rings is 1. The fraction of sp³-hybridized carbons (Fsp3) is 0.250. The summed E-state index contributed by atoms with van der Waals surface area (Å²) in [4.78, 5) is 20.3. The molecule has 0 aliphatic carbocycles. The van der Waals surface area contributed by atoms with E-state index in [1.807, 2.05) is 35.0 Å². The van der Waals surface area contributed by atoms with Crippen molar-refractivity contribution in [1.82, 2.24) is 19.4 Å². The van der Waals surface area contributed by atoms with Crippen molar-refractivity contribution in [3.05, 3.63) is 66.0 Å². The van der Waals surface area contributed by atoms with Gasteiger partial charge < -0.3 is 14.6 Å². The summed E-state index contributed by atoms with van der Waals surface area (Å²) in [7, 11) is 0. The second-order valence-corrected chi connectivity index (χ2v) is 8.21. The fourth-order valence-corrected chi connectivity index (χ4v) is 4.38. The Morgan fingerprint density at radius 3 is 2.78 bits per heavy atom. The molecule has 0 atom stereocenters. The van der Waals surface area contributed by atoms with Crippen LogP contribution in [0.3, 0.4) is 0 Å². The van der Waals surface area contributed by atoms with Crippen LogP contribution in [0.4, 0.5) is 21.7 Å². The summed E-state index contributed by atoms with van der Waals surface area (Å²) in [5, 5.41) is 3.32. The maximum absolute atomic E-state index is 14.9. The molecule has 2 aliphatic heterocycles. The summed E-state index contributed by atoms with van der Waals surface area (Å²) >= 11 is 0. The van der Waals surface area contributed by atoms with E-state index in [2.05, 4.69) is 25.2 Å². The molecule has 8 heteroatoms. The van der Waals surface area contributed by atoms with Crippen LogP contribution >= 0.6 is 0 Å². The number of hydrogen-bond acceptors (Lipinski definition) is 6. The molecular formula is C24H22FN7. The number of imidazole rings is 1. The summed E-state index contributed by atoms with van der Waals surface area (Å²) in [5.74, 6) is 1.23. The van der Waals surface area contributed by atoms with Gasteiger partial charge in [0, 0.05) is 49.0 Å². The van der Waals surface area contributed by atoms with Gasteiger partial charge in [-0.05, 0) is 49.1 Å². The van der Waals surface area contributed by atoms with Gasteiger partial charge in [0.15, 0.2) is 11.5 Å². The van der Waals surface area contributed by atoms with Crippen molar-refractivity contribution in [3.63, 3.8) is 0 Å². The second kappa shape index (κ2) is 7.71. The van der Waals surface area contributed by atoms with E-state index >= 15 is 0 Å². The van der Waals surface area contributed by atoms with E-state index in [0.29, 0.717) is 29.3 Å². The number of piperidine rings is 1. The molecule has 0 saturated carbocycles. The fourth-order valence-electron chi connectivity index (χ4n) is 4.38. The lowest BCUT2D eigenvalue weighted by atomic mass is 10.0. The summed E-state index contributed by atoms with van der Waals surface area (Å²) in [6, 6.07) is 7.39. The van der Waals surface area contributed by atoms with Crippen molar-refractivity contribution in [3.8, 4) is 11.3 Å². The van der Waals surface area contributed by atoms with Gasteiger partial charge in [0.1, 0.15) is 11.6 Å². The van der Waals surface area contributed by atoms with E-state index < -0.39 is 0 Å². The largest absolute Gasteiger partial charge is 0.357 e. The standard InChI is InChI=1S/C24H22FN7/c25-20-11-17-13-26-12-16(17)10-19(20)21-15-32-9-6-27-24(32)23(30-21)29-18-4-5-22(28-14-18)31-7-2-1-3-8-31/h4-6,9-11,13-15H,1-3,7-8,12H2,(H,29,30). The van der Waals surface area contributed by atoms with E-state index in [1.165, 1.54) is 25.3 Å². The van der Waals surface area contributed by atoms with Gasteiger partial charge in [0.25, 0.3) is 0 Å². The number of aliphatic imine (C=N–C) groups is 1. The van der Waals surface area contributed by atoms with E-state index in [0.717, 1.165) is 35.7 Å². The van der Waals surface area contributed by atoms with Crippen molar-refractivity contribution in [1.29, 1.82) is 0 Å². The van der Waals surface area contributed by atoms with Crippen molar-refractivity contribution in [2.24, 2.45) is 4.99 Å². The molecule has 0 radical (unpaired) electrons. The number of aromatic nitrogens is 4. The van der Waals surface area contributed by atoms with E-state index in [1.54, 1.807) is 18.6 Å². The Labute approximate surface area is 184 Å². The van der Waals surface area contributed by atoms with Crippen LogP contribution in [0, 0.1) is 5.82 Å². The molecule has 1 saturated heterocycles. The minimum absolute atomic E-state index is 0.317. The molecule has 6 rings (SSSR count). The van der Waals surface area contributed by atoms with Gasteiger partial charge >= 0.3 is 0 Å². The number of nitrogens with one attached hydrogen (secondary N) is 1. The lowest BCUT2D eigenvalue weighted by Gasteiger charge is -2.27. The minimum Gasteiger partial charge on any atom is -0.357 e. The highest BCUT2D eigenvalue weighted by Crippen LogP contribution is 2.30. The maximum Gasteiger partial charge on any atom is 0.180 e. The topological polar surface area (TPSA) is 70.7 Å². The van der Waals surface area contributed by atoms with Gasteiger partial charge in [-0.2, -0.15) is 0 Å². The van der Waals surface area contributed by atoms with Crippen LogP contribution in [0.15, 0.2) is 54.0 Å². The Kier molecular flexibility index (Phi) is 4.56. The molecule has 1 aromatic carbocycles. The van der Waals surface area contributed by atoms with Gasteiger partial charge in [-0.15, -0.1) is 0 Å². The summed E-state index contributed by atoms with van der Waals surface area (Å²) in [6.07, 6.45) is 12.6. The van der Waals surface area contributed by atoms with Gasteiger partial charge in [-0.3, -0.25) is 4.99 Å². The lowest BCUT2D eigenvalue weighted by Crippen LogP contribution is -2.29. The Hall–Kier alpha value is -3.81. The third kappa shape index (κ3) is 3.37.